The normalized spacial score (nSPS) is 11.9. The average molecular weight is 245 g/mol. The minimum absolute atomic E-state index is 0.0256. The molecule has 1 rings (SSSR count). The number of nitrogens with zero attached hydrogens (tertiary/aromatic N) is 1. The number of benzene rings is 1. The highest BCUT2D eigenvalue weighted by Crippen LogP contribution is 2.29. The summed E-state index contributed by atoms with van der Waals surface area (Å²) >= 11 is 5.68. The van der Waals surface area contributed by atoms with E-state index in [4.69, 9.17) is 16.3 Å². The summed E-state index contributed by atoms with van der Waals surface area (Å²) in [6.07, 6.45) is -1.18. The van der Waals surface area contributed by atoms with Crippen LogP contribution in [0.4, 0.5) is 5.69 Å². The van der Waals surface area contributed by atoms with Gasteiger partial charge >= 0.3 is 0 Å². The average Bonchev–Trinajstić information content (AvgIpc) is 2.20. The lowest BCUT2D eigenvalue weighted by Gasteiger charge is -2.15. The number of hydrogen-bond acceptors (Lipinski definition) is 5. The molecule has 0 amide bonds. The third kappa shape index (κ3) is 2.83. The lowest BCUT2D eigenvalue weighted by Crippen LogP contribution is -2.37. The number of carbonyl (C=O) groups excluding carboxylic acids is 1. The quantitative estimate of drug-likeness (QED) is 0.576. The molecule has 0 aliphatic rings. The Morgan fingerprint density at radius 2 is 2.19 bits per heavy atom. The van der Waals surface area contributed by atoms with E-state index in [1.165, 1.54) is 19.1 Å². The lowest BCUT2D eigenvalue weighted by atomic mass is 10.3. The number of aliphatic carboxylic acids is 1. The molecule has 86 valence electrons. The standard InChI is InChI=1S/C9H8ClNO5/c1-5(9(12)13)16-8-3-2-6(11(14)15)4-7(8)10/h2-5H,1H3,(H,12,13)/p-1. The van der Waals surface area contributed by atoms with Crippen LogP contribution in [0.25, 0.3) is 0 Å². The van der Waals surface area contributed by atoms with E-state index in [1.807, 2.05) is 0 Å². The van der Waals surface area contributed by atoms with E-state index in [1.54, 1.807) is 0 Å². The van der Waals surface area contributed by atoms with Gasteiger partial charge in [-0.3, -0.25) is 10.1 Å². The van der Waals surface area contributed by atoms with Crippen LogP contribution in [0.15, 0.2) is 18.2 Å². The van der Waals surface area contributed by atoms with Crippen LogP contribution in [-0.2, 0) is 4.79 Å². The summed E-state index contributed by atoms with van der Waals surface area (Å²) in [5.41, 5.74) is -0.196. The second kappa shape index (κ2) is 4.80. The monoisotopic (exact) mass is 244 g/mol. The van der Waals surface area contributed by atoms with Crippen LogP contribution in [-0.4, -0.2) is 17.0 Å². The molecule has 1 unspecified atom stereocenters. The fourth-order valence-electron chi connectivity index (χ4n) is 0.937. The van der Waals surface area contributed by atoms with Crippen molar-refractivity contribution < 1.29 is 19.6 Å². The van der Waals surface area contributed by atoms with Gasteiger partial charge in [0.1, 0.15) is 11.9 Å². The molecule has 0 saturated heterocycles. The van der Waals surface area contributed by atoms with Crippen molar-refractivity contribution in [3.63, 3.8) is 0 Å². The maximum Gasteiger partial charge on any atom is 0.271 e. The smallest absolute Gasteiger partial charge is 0.271 e. The summed E-state index contributed by atoms with van der Waals surface area (Å²) in [4.78, 5) is 20.2. The Hall–Kier alpha value is -1.82. The molecule has 0 fully saturated rings. The van der Waals surface area contributed by atoms with E-state index < -0.39 is 17.0 Å². The van der Waals surface area contributed by atoms with Gasteiger partial charge in [0, 0.05) is 12.1 Å². The third-order valence-electron chi connectivity index (χ3n) is 1.76. The molecule has 0 heterocycles. The number of halogens is 1. The van der Waals surface area contributed by atoms with E-state index >= 15 is 0 Å². The summed E-state index contributed by atoms with van der Waals surface area (Å²) in [5, 5.41) is 20.8. The van der Waals surface area contributed by atoms with Gasteiger partial charge < -0.3 is 14.6 Å². The van der Waals surface area contributed by atoms with E-state index in [2.05, 4.69) is 0 Å². The van der Waals surface area contributed by atoms with Crippen LogP contribution in [0, 0.1) is 10.1 Å². The van der Waals surface area contributed by atoms with E-state index in [-0.39, 0.29) is 16.5 Å². The van der Waals surface area contributed by atoms with Gasteiger partial charge in [-0.1, -0.05) is 11.6 Å². The van der Waals surface area contributed by atoms with Crippen molar-refractivity contribution >= 4 is 23.3 Å². The summed E-state index contributed by atoms with van der Waals surface area (Å²) in [6, 6.07) is 3.49. The molecular weight excluding hydrogens is 238 g/mol. The third-order valence-corrected chi connectivity index (χ3v) is 2.06. The number of nitro groups is 1. The molecule has 16 heavy (non-hydrogen) atoms. The minimum atomic E-state index is -1.39. The molecule has 6 nitrogen and oxygen atoms in total. The molecule has 0 aromatic heterocycles. The first kappa shape index (κ1) is 12.3. The van der Waals surface area contributed by atoms with Crippen LogP contribution < -0.4 is 9.84 Å². The predicted octanol–water partition coefficient (Wildman–Crippen LogP) is 0.765. The van der Waals surface area contributed by atoms with Crippen LogP contribution in [0.2, 0.25) is 5.02 Å². The molecule has 0 saturated carbocycles. The van der Waals surface area contributed by atoms with Gasteiger partial charge in [-0.25, -0.2) is 0 Å². The van der Waals surface area contributed by atoms with E-state index in [0.717, 1.165) is 6.07 Å². The fraction of sp³-hybridized carbons (Fsp3) is 0.222. The first-order valence-corrected chi connectivity index (χ1v) is 4.61. The topological polar surface area (TPSA) is 92.5 Å². The Bertz CT molecular complexity index is 434. The SMILES string of the molecule is CC(Oc1ccc([N+](=O)[O-])cc1Cl)C(=O)[O-]. The molecule has 0 radical (unpaired) electrons. The van der Waals surface area contributed by atoms with Gasteiger partial charge in [-0.2, -0.15) is 0 Å². The molecule has 0 spiro atoms. The molecule has 7 heteroatoms. The van der Waals surface area contributed by atoms with E-state index in [9.17, 15) is 20.0 Å². The Morgan fingerprint density at radius 1 is 1.56 bits per heavy atom. The number of hydrogen-bond donors (Lipinski definition) is 0. The molecule has 1 aromatic carbocycles. The number of nitro benzene ring substituents is 1. The Labute approximate surface area is 95.6 Å². The maximum absolute atomic E-state index is 10.4. The highest BCUT2D eigenvalue weighted by Gasteiger charge is 2.12. The molecule has 0 bridgehead atoms. The van der Waals surface area contributed by atoms with Crippen molar-refractivity contribution in [1.82, 2.24) is 0 Å². The summed E-state index contributed by atoms with van der Waals surface area (Å²) in [6.45, 7) is 1.27. The zero-order valence-electron chi connectivity index (χ0n) is 8.18. The Balaban J connectivity index is 2.91. The number of carbonyl (C=O) groups is 1. The predicted molar refractivity (Wildman–Crippen MR) is 53.2 cm³/mol. The second-order valence-electron chi connectivity index (χ2n) is 2.95. The van der Waals surface area contributed by atoms with Gasteiger partial charge in [-0.15, -0.1) is 0 Å². The highest BCUT2D eigenvalue weighted by molar-refractivity contribution is 6.32. The van der Waals surface area contributed by atoms with Crippen molar-refractivity contribution in [2.45, 2.75) is 13.0 Å². The molecule has 0 N–H and O–H groups in total. The zero-order valence-corrected chi connectivity index (χ0v) is 8.93. The summed E-state index contributed by atoms with van der Waals surface area (Å²) in [5.74, 6) is -1.33. The van der Waals surface area contributed by atoms with Crippen molar-refractivity contribution in [3.8, 4) is 5.75 Å². The molecule has 0 aliphatic carbocycles. The van der Waals surface area contributed by atoms with Gasteiger partial charge in [0.05, 0.1) is 15.9 Å². The van der Waals surface area contributed by atoms with Gasteiger partial charge in [-0.05, 0) is 13.0 Å². The molecule has 0 aliphatic heterocycles. The van der Waals surface area contributed by atoms with Gasteiger partial charge in [0.25, 0.3) is 5.69 Å². The molecular formula is C9H7ClNO5-. The molecule has 1 aromatic rings. The summed E-state index contributed by atoms with van der Waals surface area (Å²) in [7, 11) is 0. The number of non-ortho nitro benzene ring substituents is 1. The van der Waals surface area contributed by atoms with Crippen molar-refractivity contribution in [3.05, 3.63) is 33.3 Å². The number of carboxylic acids is 1. The first-order valence-electron chi connectivity index (χ1n) is 4.23. The number of carboxylic acid groups (broad SMARTS) is 1. The first-order chi connectivity index (χ1) is 7.41. The Morgan fingerprint density at radius 3 is 2.62 bits per heavy atom. The van der Waals surface area contributed by atoms with Crippen LogP contribution >= 0.6 is 11.6 Å². The van der Waals surface area contributed by atoms with Crippen LogP contribution in [0.5, 0.6) is 5.75 Å². The van der Waals surface area contributed by atoms with Crippen molar-refractivity contribution in [1.29, 1.82) is 0 Å². The van der Waals surface area contributed by atoms with E-state index in [0.29, 0.717) is 0 Å². The second-order valence-corrected chi connectivity index (χ2v) is 3.36. The molecule has 1 atom stereocenters. The largest absolute Gasteiger partial charge is 0.546 e. The minimum Gasteiger partial charge on any atom is -0.546 e. The van der Waals surface area contributed by atoms with Crippen LogP contribution in [0.1, 0.15) is 6.92 Å². The van der Waals surface area contributed by atoms with Gasteiger partial charge in [0.15, 0.2) is 0 Å². The van der Waals surface area contributed by atoms with Crippen molar-refractivity contribution in [2.75, 3.05) is 0 Å². The number of rotatable bonds is 4. The Kier molecular flexibility index (Phi) is 3.68. The highest BCUT2D eigenvalue weighted by atomic mass is 35.5. The lowest BCUT2D eigenvalue weighted by molar-refractivity contribution is -0.384. The number of ether oxygens (including phenoxy) is 1. The zero-order chi connectivity index (χ0) is 12.3. The maximum atomic E-state index is 10.4. The van der Waals surface area contributed by atoms with Crippen molar-refractivity contribution in [2.24, 2.45) is 0 Å². The van der Waals surface area contributed by atoms with Gasteiger partial charge in [0.2, 0.25) is 0 Å². The summed E-state index contributed by atoms with van der Waals surface area (Å²) < 4.78 is 4.92. The fourth-order valence-corrected chi connectivity index (χ4v) is 1.16. The van der Waals surface area contributed by atoms with Crippen LogP contribution in [0.3, 0.4) is 0 Å².